The van der Waals surface area contributed by atoms with Gasteiger partial charge in [-0.25, -0.2) is 17.6 Å². The summed E-state index contributed by atoms with van der Waals surface area (Å²) in [6.07, 6.45) is 0.515. The molecule has 3 rings (SSSR count). The molecule has 1 saturated heterocycles. The van der Waals surface area contributed by atoms with Crippen LogP contribution >= 0.6 is 0 Å². The highest BCUT2D eigenvalue weighted by Crippen LogP contribution is 2.39. The number of sulfonamides is 1. The first-order valence-corrected chi connectivity index (χ1v) is 14.9. The molecule has 1 aliphatic rings. The van der Waals surface area contributed by atoms with Gasteiger partial charge in [0.05, 0.1) is 31.2 Å². The van der Waals surface area contributed by atoms with E-state index in [1.807, 2.05) is 20.8 Å². The number of benzene rings is 2. The molecule has 2 atom stereocenters. The van der Waals surface area contributed by atoms with Gasteiger partial charge in [-0.3, -0.25) is 9.52 Å². The topological polar surface area (TPSA) is 105 Å². The lowest BCUT2D eigenvalue weighted by Gasteiger charge is -2.25. The number of nitrogens with one attached hydrogen (secondary N) is 1. The van der Waals surface area contributed by atoms with Crippen molar-refractivity contribution in [2.24, 2.45) is 5.92 Å². The smallest absolute Gasteiger partial charge is 0.343 e. The molecule has 1 unspecified atom stereocenters. The Morgan fingerprint density at radius 1 is 1.18 bits per heavy atom. The highest BCUT2D eigenvalue weighted by Gasteiger charge is 2.31. The third-order valence-corrected chi connectivity index (χ3v) is 9.27. The van der Waals surface area contributed by atoms with Crippen LogP contribution in [0.4, 0.5) is 10.1 Å². The number of esters is 1. The fraction of sp³-hybridized carbons (Fsp3) is 0.517. The minimum atomic E-state index is -4.36. The van der Waals surface area contributed by atoms with Crippen LogP contribution in [0, 0.1) is 11.7 Å². The Hall–Kier alpha value is -3.18. The van der Waals surface area contributed by atoms with Crippen LogP contribution in [0.5, 0.6) is 5.75 Å². The zero-order valence-corrected chi connectivity index (χ0v) is 25.1. The molecule has 0 spiro atoms. The Kier molecular flexibility index (Phi) is 10.2. The molecule has 1 heterocycles. The second-order valence-corrected chi connectivity index (χ2v) is 12.2. The van der Waals surface area contributed by atoms with Crippen molar-refractivity contribution in [3.63, 3.8) is 0 Å². The zero-order chi connectivity index (χ0) is 29.8. The maximum absolute atomic E-state index is 14.3. The number of nitrogens with zero attached hydrogens (tertiary/aromatic N) is 2. The summed E-state index contributed by atoms with van der Waals surface area (Å²) in [5.74, 6) is -1.32. The molecule has 0 aliphatic carbocycles. The number of carbonyl (C=O) groups is 2. The van der Waals surface area contributed by atoms with Crippen LogP contribution in [0.2, 0.25) is 0 Å². The molecule has 0 bridgehead atoms. The first-order valence-electron chi connectivity index (χ1n) is 13.4. The summed E-state index contributed by atoms with van der Waals surface area (Å²) < 4.78 is 54.6. The monoisotopic (exact) mass is 577 g/mol. The van der Waals surface area contributed by atoms with Gasteiger partial charge >= 0.3 is 5.97 Å². The molecular weight excluding hydrogens is 537 g/mol. The van der Waals surface area contributed by atoms with Gasteiger partial charge in [-0.05, 0) is 60.2 Å². The first-order chi connectivity index (χ1) is 18.8. The standard InChI is InChI=1S/C29H40FN3O6S/c1-8-33-14-13-22(17-33)32(5)26(34)16-20-15-21(30)9-12-25(20)40(36,37)31-24-11-10-23(19(4)18(2)3)28(38-6)27(24)29(35)39-7/h9-12,15,18-19,22,31H,8,13-14,16-17H2,1-7H3/t19?,22-/m0/s1. The van der Waals surface area contributed by atoms with E-state index in [1.54, 1.807) is 18.0 Å². The number of amides is 1. The molecule has 0 aromatic heterocycles. The van der Waals surface area contributed by atoms with Crippen LogP contribution < -0.4 is 9.46 Å². The molecule has 1 amide bonds. The van der Waals surface area contributed by atoms with Crippen LogP contribution in [0.25, 0.3) is 0 Å². The van der Waals surface area contributed by atoms with E-state index in [0.29, 0.717) is 0 Å². The molecule has 1 aliphatic heterocycles. The SMILES string of the molecule is CCN1CC[C@H](N(C)C(=O)Cc2cc(F)ccc2S(=O)(=O)Nc2ccc(C(C)C(C)C)c(OC)c2C(=O)OC)C1. The van der Waals surface area contributed by atoms with Crippen molar-refractivity contribution >= 4 is 27.6 Å². The molecule has 2 aromatic carbocycles. The quantitative estimate of drug-likeness (QED) is 0.398. The van der Waals surface area contributed by atoms with Crippen LogP contribution in [0.15, 0.2) is 35.2 Å². The van der Waals surface area contributed by atoms with Gasteiger partial charge in [0.2, 0.25) is 5.91 Å². The van der Waals surface area contributed by atoms with Gasteiger partial charge in [-0.1, -0.05) is 33.8 Å². The van der Waals surface area contributed by atoms with Gasteiger partial charge in [0.25, 0.3) is 10.0 Å². The van der Waals surface area contributed by atoms with E-state index >= 15 is 0 Å². The molecule has 2 aromatic rings. The number of rotatable bonds is 11. The third-order valence-electron chi connectivity index (χ3n) is 7.81. The number of likely N-dealkylation sites (tertiary alicyclic amines) is 1. The average molecular weight is 578 g/mol. The Morgan fingerprint density at radius 3 is 2.45 bits per heavy atom. The second kappa shape index (κ2) is 13.0. The van der Waals surface area contributed by atoms with Gasteiger partial charge in [0, 0.05) is 26.2 Å². The number of likely N-dealkylation sites (N-methyl/N-ethyl adjacent to an activating group) is 2. The highest BCUT2D eigenvalue weighted by atomic mass is 32.2. The molecule has 0 radical (unpaired) electrons. The Balaban J connectivity index is 1.99. The van der Waals surface area contributed by atoms with Crippen molar-refractivity contribution in [2.75, 3.05) is 45.6 Å². The first kappa shape index (κ1) is 31.3. The van der Waals surface area contributed by atoms with Gasteiger partial charge < -0.3 is 19.3 Å². The van der Waals surface area contributed by atoms with Crippen LogP contribution in [-0.2, 0) is 26.0 Å². The molecular formula is C29H40FN3O6S. The molecule has 0 saturated carbocycles. The lowest BCUT2D eigenvalue weighted by molar-refractivity contribution is -0.131. The van der Waals surface area contributed by atoms with Crippen molar-refractivity contribution < 1.29 is 31.9 Å². The van der Waals surface area contributed by atoms with Crippen LogP contribution in [-0.4, -0.2) is 77.0 Å². The second-order valence-electron chi connectivity index (χ2n) is 10.5. The predicted molar refractivity (Wildman–Crippen MR) is 152 cm³/mol. The predicted octanol–water partition coefficient (Wildman–Crippen LogP) is 4.28. The fourth-order valence-electron chi connectivity index (χ4n) is 4.98. The number of methoxy groups -OCH3 is 2. The van der Waals surface area contributed by atoms with Crippen molar-refractivity contribution in [3.8, 4) is 5.75 Å². The molecule has 1 fully saturated rings. The number of hydrogen-bond acceptors (Lipinski definition) is 7. The van der Waals surface area contributed by atoms with E-state index in [2.05, 4.69) is 16.5 Å². The third kappa shape index (κ3) is 6.75. The van der Waals surface area contributed by atoms with E-state index < -0.39 is 21.8 Å². The van der Waals surface area contributed by atoms with Crippen molar-refractivity contribution in [1.29, 1.82) is 0 Å². The van der Waals surface area contributed by atoms with E-state index in [0.717, 1.165) is 49.8 Å². The summed E-state index contributed by atoms with van der Waals surface area (Å²) in [5, 5.41) is 0. The van der Waals surface area contributed by atoms with E-state index in [-0.39, 0.29) is 57.7 Å². The fourth-order valence-corrected chi connectivity index (χ4v) is 6.27. The molecule has 11 heteroatoms. The Bertz CT molecular complexity index is 1350. The average Bonchev–Trinajstić information content (AvgIpc) is 3.40. The number of ether oxygens (including phenoxy) is 2. The summed E-state index contributed by atoms with van der Waals surface area (Å²) >= 11 is 0. The van der Waals surface area contributed by atoms with Crippen molar-refractivity contribution in [2.45, 2.75) is 57.4 Å². The number of carbonyl (C=O) groups excluding carboxylic acids is 2. The van der Waals surface area contributed by atoms with E-state index in [1.165, 1.54) is 20.3 Å². The summed E-state index contributed by atoms with van der Waals surface area (Å²) in [6, 6.07) is 6.40. The van der Waals surface area contributed by atoms with E-state index in [4.69, 9.17) is 9.47 Å². The maximum atomic E-state index is 14.3. The molecule has 9 nitrogen and oxygen atoms in total. The van der Waals surface area contributed by atoms with E-state index in [9.17, 15) is 22.4 Å². The molecule has 40 heavy (non-hydrogen) atoms. The summed E-state index contributed by atoms with van der Waals surface area (Å²) in [7, 11) is -0.0735. The summed E-state index contributed by atoms with van der Waals surface area (Å²) in [5.41, 5.74) is 0.629. The lowest BCUT2D eigenvalue weighted by atomic mass is 9.88. The van der Waals surface area contributed by atoms with Crippen LogP contribution in [0.1, 0.15) is 61.5 Å². The van der Waals surface area contributed by atoms with Gasteiger partial charge in [0.15, 0.2) is 0 Å². The molecule has 220 valence electrons. The normalized spacial score (nSPS) is 16.6. The Labute approximate surface area is 236 Å². The minimum absolute atomic E-state index is 0.00000974. The minimum Gasteiger partial charge on any atom is -0.495 e. The van der Waals surface area contributed by atoms with Crippen molar-refractivity contribution in [1.82, 2.24) is 9.80 Å². The maximum Gasteiger partial charge on any atom is 0.343 e. The number of halogens is 1. The number of anilines is 1. The zero-order valence-electron chi connectivity index (χ0n) is 24.3. The summed E-state index contributed by atoms with van der Waals surface area (Å²) in [4.78, 5) is 29.6. The van der Waals surface area contributed by atoms with Gasteiger partial charge in [-0.2, -0.15) is 0 Å². The highest BCUT2D eigenvalue weighted by molar-refractivity contribution is 7.92. The summed E-state index contributed by atoms with van der Waals surface area (Å²) in [6.45, 7) is 10.6. The largest absolute Gasteiger partial charge is 0.495 e. The van der Waals surface area contributed by atoms with Crippen molar-refractivity contribution in [3.05, 3.63) is 52.8 Å². The van der Waals surface area contributed by atoms with Gasteiger partial charge in [0.1, 0.15) is 17.1 Å². The number of hydrogen-bond donors (Lipinski definition) is 1. The lowest BCUT2D eigenvalue weighted by Crippen LogP contribution is -2.40. The molecule has 1 N–H and O–H groups in total. The van der Waals surface area contributed by atoms with Crippen LogP contribution in [0.3, 0.4) is 0 Å². The Morgan fingerprint density at radius 2 is 1.88 bits per heavy atom. The van der Waals surface area contributed by atoms with Gasteiger partial charge in [-0.15, -0.1) is 0 Å².